The molecule has 28 heavy (non-hydrogen) atoms. The van der Waals surface area contributed by atoms with E-state index < -0.39 is 5.97 Å². The molecule has 5 nitrogen and oxygen atoms in total. The van der Waals surface area contributed by atoms with Gasteiger partial charge in [0.15, 0.2) is 5.76 Å². The lowest BCUT2D eigenvalue weighted by Gasteiger charge is -2.09. The molecule has 0 bridgehead atoms. The van der Waals surface area contributed by atoms with Crippen LogP contribution in [0.5, 0.6) is 0 Å². The standard InChI is InChI=1S/C23H19NO4/c1-13-12-16(23(26)27-3)9-11-19(13)24-22(25)20-14(2)17-10-8-15-6-4-5-7-18(15)21(17)28-20/h4-12H,1-3H3,(H,24,25). The predicted molar refractivity (Wildman–Crippen MR) is 109 cm³/mol. The minimum atomic E-state index is -0.416. The van der Waals surface area contributed by atoms with Crippen molar-refractivity contribution >= 4 is 39.3 Å². The van der Waals surface area contributed by atoms with Crippen molar-refractivity contribution in [2.75, 3.05) is 12.4 Å². The highest BCUT2D eigenvalue weighted by atomic mass is 16.5. The number of carbonyl (C=O) groups excluding carboxylic acids is 2. The van der Waals surface area contributed by atoms with Crippen LogP contribution in [0, 0.1) is 13.8 Å². The number of amides is 1. The molecule has 3 aromatic carbocycles. The Morgan fingerprint density at radius 2 is 1.75 bits per heavy atom. The van der Waals surface area contributed by atoms with Crippen molar-refractivity contribution in [3.63, 3.8) is 0 Å². The molecule has 140 valence electrons. The molecule has 0 saturated heterocycles. The van der Waals surface area contributed by atoms with Gasteiger partial charge < -0.3 is 14.5 Å². The van der Waals surface area contributed by atoms with Crippen LogP contribution in [0.1, 0.15) is 32.0 Å². The number of esters is 1. The van der Waals surface area contributed by atoms with E-state index >= 15 is 0 Å². The maximum Gasteiger partial charge on any atom is 0.337 e. The number of benzene rings is 3. The molecule has 0 radical (unpaired) electrons. The molecule has 0 saturated carbocycles. The number of nitrogens with one attached hydrogen (secondary N) is 1. The Bertz CT molecular complexity index is 1240. The molecule has 0 aliphatic heterocycles. The van der Waals surface area contributed by atoms with Gasteiger partial charge in [0.2, 0.25) is 0 Å². The summed E-state index contributed by atoms with van der Waals surface area (Å²) in [5, 5.41) is 5.83. The van der Waals surface area contributed by atoms with Crippen LogP contribution >= 0.6 is 0 Å². The number of hydrogen-bond acceptors (Lipinski definition) is 4. The van der Waals surface area contributed by atoms with Gasteiger partial charge >= 0.3 is 5.97 Å². The number of methoxy groups -OCH3 is 1. The first-order valence-corrected chi connectivity index (χ1v) is 8.90. The third-order valence-electron chi connectivity index (χ3n) is 4.93. The fourth-order valence-electron chi connectivity index (χ4n) is 3.39. The van der Waals surface area contributed by atoms with Crippen LogP contribution in [0.3, 0.4) is 0 Å². The Hall–Kier alpha value is -3.60. The van der Waals surface area contributed by atoms with Gasteiger partial charge in [-0.25, -0.2) is 4.79 Å². The number of rotatable bonds is 3. The van der Waals surface area contributed by atoms with Crippen LogP contribution in [0.25, 0.3) is 21.7 Å². The molecule has 0 aliphatic rings. The van der Waals surface area contributed by atoms with Crippen molar-refractivity contribution in [3.8, 4) is 0 Å². The van der Waals surface area contributed by atoms with Gasteiger partial charge in [0.1, 0.15) is 5.58 Å². The van der Waals surface area contributed by atoms with Gasteiger partial charge in [-0.1, -0.05) is 36.4 Å². The first-order chi connectivity index (χ1) is 13.5. The molecule has 0 aliphatic carbocycles. The van der Waals surface area contributed by atoms with Crippen molar-refractivity contribution in [1.29, 1.82) is 0 Å². The SMILES string of the molecule is COC(=O)c1ccc(NC(=O)c2oc3c(ccc4ccccc43)c2C)c(C)c1. The number of anilines is 1. The van der Waals surface area contributed by atoms with Crippen LogP contribution in [-0.4, -0.2) is 19.0 Å². The van der Waals surface area contributed by atoms with E-state index in [1.165, 1.54) is 7.11 Å². The molecule has 1 amide bonds. The minimum Gasteiger partial charge on any atom is -0.465 e. The Labute approximate surface area is 161 Å². The van der Waals surface area contributed by atoms with Crippen LogP contribution < -0.4 is 5.32 Å². The van der Waals surface area contributed by atoms with Gasteiger partial charge in [-0.2, -0.15) is 0 Å². The van der Waals surface area contributed by atoms with Gasteiger partial charge in [0, 0.05) is 22.0 Å². The molecule has 4 aromatic rings. The fourth-order valence-corrected chi connectivity index (χ4v) is 3.39. The number of aryl methyl sites for hydroxylation is 2. The number of hydrogen-bond donors (Lipinski definition) is 1. The van der Waals surface area contributed by atoms with E-state index in [-0.39, 0.29) is 11.7 Å². The molecular weight excluding hydrogens is 354 g/mol. The smallest absolute Gasteiger partial charge is 0.337 e. The van der Waals surface area contributed by atoms with Crippen molar-refractivity contribution in [1.82, 2.24) is 0 Å². The summed E-state index contributed by atoms with van der Waals surface area (Å²) < 4.78 is 10.7. The molecule has 1 heterocycles. The van der Waals surface area contributed by atoms with Gasteiger partial charge in [0.25, 0.3) is 5.91 Å². The summed E-state index contributed by atoms with van der Waals surface area (Å²) in [6.07, 6.45) is 0. The second kappa shape index (κ2) is 6.85. The van der Waals surface area contributed by atoms with Crippen LogP contribution in [-0.2, 0) is 4.74 Å². The second-order valence-electron chi connectivity index (χ2n) is 6.69. The Balaban J connectivity index is 1.71. The molecule has 1 N–H and O–H groups in total. The average molecular weight is 373 g/mol. The summed E-state index contributed by atoms with van der Waals surface area (Å²) in [7, 11) is 1.33. The zero-order chi connectivity index (χ0) is 19.8. The third kappa shape index (κ3) is 2.91. The minimum absolute atomic E-state index is 0.280. The number of ether oxygens (including phenoxy) is 1. The lowest BCUT2D eigenvalue weighted by Crippen LogP contribution is -2.13. The largest absolute Gasteiger partial charge is 0.465 e. The molecule has 0 unspecified atom stereocenters. The Morgan fingerprint density at radius 1 is 0.964 bits per heavy atom. The predicted octanol–water partition coefficient (Wildman–Crippen LogP) is 5.24. The molecule has 4 rings (SSSR count). The lowest BCUT2D eigenvalue weighted by atomic mass is 10.1. The zero-order valence-electron chi connectivity index (χ0n) is 15.8. The number of carbonyl (C=O) groups is 2. The second-order valence-corrected chi connectivity index (χ2v) is 6.69. The van der Waals surface area contributed by atoms with E-state index in [0.717, 1.165) is 27.3 Å². The van der Waals surface area contributed by atoms with E-state index in [0.29, 0.717) is 16.8 Å². The fraction of sp³-hybridized carbons (Fsp3) is 0.130. The summed E-state index contributed by atoms with van der Waals surface area (Å²) in [5.74, 6) is -0.463. The van der Waals surface area contributed by atoms with Gasteiger partial charge in [0.05, 0.1) is 12.7 Å². The normalized spacial score (nSPS) is 11.0. The third-order valence-corrected chi connectivity index (χ3v) is 4.93. The van der Waals surface area contributed by atoms with Crippen molar-refractivity contribution in [2.45, 2.75) is 13.8 Å². The van der Waals surface area contributed by atoms with E-state index in [4.69, 9.17) is 9.15 Å². The van der Waals surface area contributed by atoms with Crippen LogP contribution in [0.4, 0.5) is 5.69 Å². The maximum absolute atomic E-state index is 12.9. The van der Waals surface area contributed by atoms with Crippen molar-refractivity contribution in [3.05, 3.63) is 77.0 Å². The first kappa shape index (κ1) is 17.8. The highest BCUT2D eigenvalue weighted by Gasteiger charge is 2.20. The van der Waals surface area contributed by atoms with E-state index in [2.05, 4.69) is 5.32 Å². The molecule has 0 atom stereocenters. The van der Waals surface area contributed by atoms with Crippen molar-refractivity contribution < 1.29 is 18.7 Å². The molecular formula is C23H19NO4. The topological polar surface area (TPSA) is 68.5 Å². The lowest BCUT2D eigenvalue weighted by molar-refractivity contribution is 0.0600. The van der Waals surface area contributed by atoms with Gasteiger partial charge in [-0.05, 0) is 43.0 Å². The van der Waals surface area contributed by atoms with Gasteiger partial charge in [-0.15, -0.1) is 0 Å². The summed E-state index contributed by atoms with van der Waals surface area (Å²) in [6.45, 7) is 3.70. The highest BCUT2D eigenvalue weighted by molar-refractivity contribution is 6.11. The quantitative estimate of drug-likeness (QED) is 0.499. The molecule has 0 spiro atoms. The zero-order valence-corrected chi connectivity index (χ0v) is 15.8. The number of fused-ring (bicyclic) bond motifs is 3. The van der Waals surface area contributed by atoms with Crippen LogP contribution in [0.2, 0.25) is 0 Å². The monoisotopic (exact) mass is 373 g/mol. The van der Waals surface area contributed by atoms with E-state index in [1.807, 2.05) is 50.2 Å². The summed E-state index contributed by atoms with van der Waals surface area (Å²) >= 11 is 0. The summed E-state index contributed by atoms with van der Waals surface area (Å²) in [4.78, 5) is 24.5. The van der Waals surface area contributed by atoms with Crippen LogP contribution in [0.15, 0.2) is 59.0 Å². The highest BCUT2D eigenvalue weighted by Crippen LogP contribution is 2.32. The average Bonchev–Trinajstić information content (AvgIpc) is 3.06. The molecule has 1 aromatic heterocycles. The van der Waals surface area contributed by atoms with E-state index in [9.17, 15) is 9.59 Å². The summed E-state index contributed by atoms with van der Waals surface area (Å²) in [6, 6.07) is 16.9. The first-order valence-electron chi connectivity index (χ1n) is 8.90. The Morgan fingerprint density at radius 3 is 2.50 bits per heavy atom. The molecule has 0 fully saturated rings. The van der Waals surface area contributed by atoms with Gasteiger partial charge in [-0.3, -0.25) is 4.79 Å². The Kier molecular flexibility index (Phi) is 4.35. The maximum atomic E-state index is 12.9. The van der Waals surface area contributed by atoms with Crippen molar-refractivity contribution in [2.24, 2.45) is 0 Å². The van der Waals surface area contributed by atoms with E-state index in [1.54, 1.807) is 18.2 Å². The number of furan rings is 1. The molecule has 5 heteroatoms. The summed E-state index contributed by atoms with van der Waals surface area (Å²) in [5.41, 5.74) is 3.31.